The van der Waals surface area contributed by atoms with E-state index in [1.165, 1.54) is 6.07 Å². The molecule has 1 aromatic carbocycles. The lowest BCUT2D eigenvalue weighted by molar-refractivity contribution is -0.128. The molecule has 132 valence electrons. The molecule has 1 unspecified atom stereocenters. The summed E-state index contributed by atoms with van der Waals surface area (Å²) < 4.78 is 24.4. The number of rotatable bonds is 5. The molecule has 1 aromatic rings. The van der Waals surface area contributed by atoms with Crippen molar-refractivity contribution in [3.63, 3.8) is 0 Å². The molecule has 24 heavy (non-hydrogen) atoms. The zero-order valence-electron chi connectivity index (χ0n) is 13.9. The van der Waals surface area contributed by atoms with Gasteiger partial charge in [0.25, 0.3) is 0 Å². The van der Waals surface area contributed by atoms with Crippen LogP contribution in [0.4, 0.5) is 4.39 Å². The fraction of sp³-hybridized carbons (Fsp3) is 0.611. The van der Waals surface area contributed by atoms with Crippen LogP contribution >= 0.6 is 0 Å². The van der Waals surface area contributed by atoms with Crippen LogP contribution in [0.2, 0.25) is 0 Å². The molecule has 2 fully saturated rings. The molecule has 0 bridgehead atoms. The number of amides is 1. The number of nitrogens with zero attached hydrogens (tertiary/aromatic N) is 1. The maximum Gasteiger partial charge on any atom is 0.223 e. The minimum atomic E-state index is -0.249. The third kappa shape index (κ3) is 4.53. The average Bonchev–Trinajstić information content (AvgIpc) is 2.63. The van der Waals surface area contributed by atoms with Crippen molar-refractivity contribution in [2.24, 2.45) is 5.92 Å². The standard InChI is InChI=1S/C18H25FN2O3/c19-16-3-1-2-15(12-16)17(21-6-10-24-11-7-21)13-20-18(22)14-4-8-23-9-5-14/h1-3,12,14,17H,4-11,13H2,(H,20,22). The number of nitrogens with one attached hydrogen (secondary N) is 1. The van der Waals surface area contributed by atoms with Gasteiger partial charge in [-0.1, -0.05) is 12.1 Å². The van der Waals surface area contributed by atoms with Gasteiger partial charge >= 0.3 is 0 Å². The van der Waals surface area contributed by atoms with Gasteiger partial charge in [0.15, 0.2) is 0 Å². The van der Waals surface area contributed by atoms with Gasteiger partial charge in [0.1, 0.15) is 5.82 Å². The Bertz CT molecular complexity index is 543. The minimum absolute atomic E-state index is 0.0246. The number of ether oxygens (including phenoxy) is 2. The van der Waals surface area contributed by atoms with E-state index in [1.807, 2.05) is 6.07 Å². The third-order valence-electron chi connectivity index (χ3n) is 4.78. The van der Waals surface area contributed by atoms with E-state index in [0.29, 0.717) is 33.0 Å². The van der Waals surface area contributed by atoms with Gasteiger partial charge in [0, 0.05) is 38.8 Å². The third-order valence-corrected chi connectivity index (χ3v) is 4.78. The molecule has 0 radical (unpaired) electrons. The molecule has 1 atom stereocenters. The van der Waals surface area contributed by atoms with Crippen molar-refractivity contribution in [3.05, 3.63) is 35.6 Å². The fourth-order valence-corrected chi connectivity index (χ4v) is 3.36. The minimum Gasteiger partial charge on any atom is -0.381 e. The van der Waals surface area contributed by atoms with Gasteiger partial charge in [-0.05, 0) is 30.5 Å². The van der Waals surface area contributed by atoms with E-state index in [1.54, 1.807) is 12.1 Å². The van der Waals surface area contributed by atoms with Crippen molar-refractivity contribution >= 4 is 5.91 Å². The summed E-state index contributed by atoms with van der Waals surface area (Å²) in [7, 11) is 0. The molecule has 2 saturated heterocycles. The summed E-state index contributed by atoms with van der Waals surface area (Å²) in [6, 6.07) is 6.61. The second kappa shape index (κ2) is 8.55. The Kier molecular flexibility index (Phi) is 6.18. The van der Waals surface area contributed by atoms with Crippen LogP contribution in [0.1, 0.15) is 24.4 Å². The van der Waals surface area contributed by atoms with Crippen LogP contribution in [0.25, 0.3) is 0 Å². The molecule has 5 nitrogen and oxygen atoms in total. The number of morpholine rings is 1. The van der Waals surface area contributed by atoms with E-state index in [-0.39, 0.29) is 23.7 Å². The van der Waals surface area contributed by atoms with E-state index in [2.05, 4.69) is 10.2 Å². The van der Waals surface area contributed by atoms with Crippen molar-refractivity contribution in [2.45, 2.75) is 18.9 Å². The smallest absolute Gasteiger partial charge is 0.223 e. The first-order chi connectivity index (χ1) is 11.7. The highest BCUT2D eigenvalue weighted by atomic mass is 19.1. The summed E-state index contributed by atoms with van der Waals surface area (Å²) in [5, 5.41) is 3.07. The molecule has 2 heterocycles. The first-order valence-electron chi connectivity index (χ1n) is 8.67. The first kappa shape index (κ1) is 17.3. The predicted octanol–water partition coefficient (Wildman–Crippen LogP) is 1.74. The lowest BCUT2D eigenvalue weighted by Gasteiger charge is -2.35. The monoisotopic (exact) mass is 336 g/mol. The van der Waals surface area contributed by atoms with E-state index in [4.69, 9.17) is 9.47 Å². The Hall–Kier alpha value is -1.50. The normalized spacial score (nSPS) is 21.4. The molecule has 2 aliphatic heterocycles. The fourth-order valence-electron chi connectivity index (χ4n) is 3.36. The van der Waals surface area contributed by atoms with Crippen LogP contribution in [0.15, 0.2) is 24.3 Å². The van der Waals surface area contributed by atoms with Crippen LogP contribution in [-0.2, 0) is 14.3 Å². The molecule has 0 aliphatic carbocycles. The van der Waals surface area contributed by atoms with Gasteiger partial charge in [-0.2, -0.15) is 0 Å². The highest BCUT2D eigenvalue weighted by Crippen LogP contribution is 2.23. The van der Waals surface area contributed by atoms with Crippen molar-refractivity contribution in [2.75, 3.05) is 46.1 Å². The van der Waals surface area contributed by atoms with Crippen LogP contribution in [-0.4, -0.2) is 56.9 Å². The Morgan fingerprint density at radius 2 is 1.92 bits per heavy atom. The molecular weight excluding hydrogens is 311 g/mol. The number of benzene rings is 1. The van der Waals surface area contributed by atoms with Crippen molar-refractivity contribution in [1.29, 1.82) is 0 Å². The van der Waals surface area contributed by atoms with Crippen molar-refractivity contribution in [3.8, 4) is 0 Å². The van der Waals surface area contributed by atoms with Crippen LogP contribution in [0.3, 0.4) is 0 Å². The van der Waals surface area contributed by atoms with Gasteiger partial charge in [-0.25, -0.2) is 4.39 Å². The first-order valence-corrected chi connectivity index (χ1v) is 8.67. The topological polar surface area (TPSA) is 50.8 Å². The highest BCUT2D eigenvalue weighted by Gasteiger charge is 2.26. The van der Waals surface area contributed by atoms with Crippen LogP contribution in [0.5, 0.6) is 0 Å². The maximum absolute atomic E-state index is 13.6. The summed E-state index contributed by atoms with van der Waals surface area (Å²) in [4.78, 5) is 14.7. The number of hydrogen-bond donors (Lipinski definition) is 1. The quantitative estimate of drug-likeness (QED) is 0.890. The number of carbonyl (C=O) groups is 1. The molecule has 0 saturated carbocycles. The Balaban J connectivity index is 1.66. The summed E-state index contributed by atoms with van der Waals surface area (Å²) in [6.45, 7) is 4.69. The van der Waals surface area contributed by atoms with Crippen LogP contribution in [0, 0.1) is 11.7 Å². The highest BCUT2D eigenvalue weighted by molar-refractivity contribution is 5.78. The summed E-state index contributed by atoms with van der Waals surface area (Å²) >= 11 is 0. The van der Waals surface area contributed by atoms with Crippen molar-refractivity contribution < 1.29 is 18.7 Å². The molecular formula is C18H25FN2O3. The van der Waals surface area contributed by atoms with E-state index < -0.39 is 0 Å². The lowest BCUT2D eigenvalue weighted by atomic mass is 9.98. The Morgan fingerprint density at radius 1 is 1.21 bits per heavy atom. The van der Waals surface area contributed by atoms with Crippen molar-refractivity contribution in [1.82, 2.24) is 10.2 Å². The summed E-state index contributed by atoms with van der Waals surface area (Å²) in [5.74, 6) is -0.147. The largest absolute Gasteiger partial charge is 0.381 e. The molecule has 0 spiro atoms. The van der Waals surface area contributed by atoms with Gasteiger partial charge in [-0.3, -0.25) is 9.69 Å². The molecule has 3 rings (SSSR count). The number of halogens is 1. The lowest BCUT2D eigenvalue weighted by Crippen LogP contribution is -2.45. The second-order valence-electron chi connectivity index (χ2n) is 6.35. The van der Waals surface area contributed by atoms with E-state index in [0.717, 1.165) is 31.5 Å². The van der Waals surface area contributed by atoms with Gasteiger partial charge in [0.2, 0.25) is 5.91 Å². The molecule has 1 N–H and O–H groups in total. The number of hydrogen-bond acceptors (Lipinski definition) is 4. The summed E-state index contributed by atoms with van der Waals surface area (Å²) in [5.41, 5.74) is 0.893. The van der Waals surface area contributed by atoms with E-state index in [9.17, 15) is 9.18 Å². The van der Waals surface area contributed by atoms with Gasteiger partial charge < -0.3 is 14.8 Å². The second-order valence-corrected chi connectivity index (χ2v) is 6.35. The average molecular weight is 336 g/mol. The molecule has 1 amide bonds. The molecule has 0 aromatic heterocycles. The maximum atomic E-state index is 13.6. The SMILES string of the molecule is O=C(NCC(c1cccc(F)c1)N1CCOCC1)C1CCOCC1. The summed E-state index contributed by atoms with van der Waals surface area (Å²) in [6.07, 6.45) is 1.54. The van der Waals surface area contributed by atoms with Gasteiger partial charge in [0.05, 0.1) is 19.3 Å². The molecule has 2 aliphatic rings. The Labute approximate surface area is 142 Å². The predicted molar refractivity (Wildman–Crippen MR) is 88.1 cm³/mol. The van der Waals surface area contributed by atoms with Gasteiger partial charge in [-0.15, -0.1) is 0 Å². The zero-order valence-corrected chi connectivity index (χ0v) is 13.9. The van der Waals surface area contributed by atoms with Crippen LogP contribution < -0.4 is 5.32 Å². The number of carbonyl (C=O) groups excluding carboxylic acids is 1. The Morgan fingerprint density at radius 3 is 2.62 bits per heavy atom. The molecule has 6 heteroatoms. The van der Waals surface area contributed by atoms with E-state index >= 15 is 0 Å². The zero-order chi connectivity index (χ0) is 16.8.